The quantitative estimate of drug-likeness (QED) is 0.510. The minimum absolute atomic E-state index is 0.415. The van der Waals surface area contributed by atoms with Crippen molar-refractivity contribution in [1.29, 1.82) is 0 Å². The second-order valence-electron chi connectivity index (χ2n) is 6.79. The Labute approximate surface area is 191 Å². The Morgan fingerprint density at radius 1 is 1.16 bits per heavy atom. The molecule has 0 unspecified atom stereocenters. The molecule has 0 aliphatic carbocycles. The molecule has 0 saturated heterocycles. The molecule has 3 aromatic heterocycles. The summed E-state index contributed by atoms with van der Waals surface area (Å²) in [6, 6.07) is 7.12. The van der Waals surface area contributed by atoms with Gasteiger partial charge in [-0.3, -0.25) is 10.1 Å². The van der Waals surface area contributed by atoms with Gasteiger partial charge in [-0.1, -0.05) is 6.07 Å². The van der Waals surface area contributed by atoms with Crippen molar-refractivity contribution in [3.63, 3.8) is 0 Å². The number of rotatable bonds is 7. The molecule has 0 spiro atoms. The summed E-state index contributed by atoms with van der Waals surface area (Å²) in [5.41, 5.74) is 1.52. The average molecular weight is 476 g/mol. The Hall–Kier alpha value is -2.56. The van der Waals surface area contributed by atoms with Crippen molar-refractivity contribution in [2.45, 2.75) is 18.6 Å². The molecule has 4 rings (SSSR count). The van der Waals surface area contributed by atoms with Gasteiger partial charge in [0.15, 0.2) is 6.61 Å². The molecule has 162 valence electrons. The molecule has 3 aromatic rings. The van der Waals surface area contributed by atoms with Crippen LogP contribution in [0.25, 0.3) is 5.00 Å². The zero-order valence-corrected chi connectivity index (χ0v) is 19.0. The van der Waals surface area contributed by atoms with E-state index in [0.29, 0.717) is 18.5 Å². The van der Waals surface area contributed by atoms with Gasteiger partial charge in [-0.25, -0.2) is 9.59 Å². The number of aromatic nitrogens is 1. The highest BCUT2D eigenvalue weighted by Gasteiger charge is 2.27. The Morgan fingerprint density at radius 3 is 2.77 bits per heavy atom. The van der Waals surface area contributed by atoms with Crippen molar-refractivity contribution < 1.29 is 19.1 Å². The highest BCUT2D eigenvalue weighted by molar-refractivity contribution is 7.98. The molecule has 0 bridgehead atoms. The summed E-state index contributed by atoms with van der Waals surface area (Å²) >= 11 is 5.03. The third-order valence-corrected chi connectivity index (χ3v) is 8.02. The first-order chi connectivity index (χ1) is 15.1. The molecule has 0 atom stereocenters. The second-order valence-corrected chi connectivity index (χ2v) is 10.0. The first kappa shape index (κ1) is 21.7. The third-order valence-electron chi connectivity index (χ3n) is 4.67. The maximum atomic E-state index is 12.9. The number of hydrogen-bond donors (Lipinski definition) is 2. The maximum Gasteiger partial charge on any atom is 0.341 e. The second kappa shape index (κ2) is 10.2. The number of ether oxygens (including phenoxy) is 1. The molecule has 10 heteroatoms. The number of amides is 3. The van der Waals surface area contributed by atoms with Crippen LogP contribution in [0, 0.1) is 0 Å². The van der Waals surface area contributed by atoms with Gasteiger partial charge in [-0.2, -0.15) is 11.8 Å². The fourth-order valence-electron chi connectivity index (χ4n) is 3.24. The van der Waals surface area contributed by atoms with Gasteiger partial charge in [0.25, 0.3) is 5.91 Å². The van der Waals surface area contributed by atoms with E-state index in [1.807, 2.05) is 58.4 Å². The highest BCUT2D eigenvalue weighted by Crippen LogP contribution is 2.38. The van der Waals surface area contributed by atoms with Crippen LogP contribution in [0.5, 0.6) is 0 Å². The largest absolute Gasteiger partial charge is 0.452 e. The molecule has 0 fully saturated rings. The summed E-state index contributed by atoms with van der Waals surface area (Å²) in [6.45, 7) is -0.0969. The predicted octanol–water partition coefficient (Wildman–Crippen LogP) is 3.61. The first-order valence-electron chi connectivity index (χ1n) is 9.74. The molecule has 0 saturated carbocycles. The molecule has 1 aliphatic heterocycles. The monoisotopic (exact) mass is 475 g/mol. The van der Waals surface area contributed by atoms with Crippen molar-refractivity contribution >= 4 is 52.3 Å². The topological polar surface area (TPSA) is 89.4 Å². The summed E-state index contributed by atoms with van der Waals surface area (Å²) in [5, 5.41) is 7.59. The van der Waals surface area contributed by atoms with Crippen LogP contribution in [-0.2, 0) is 28.1 Å². The molecular weight excluding hydrogens is 454 g/mol. The van der Waals surface area contributed by atoms with Crippen LogP contribution < -0.4 is 10.6 Å². The van der Waals surface area contributed by atoms with Gasteiger partial charge in [-0.15, -0.1) is 22.7 Å². The van der Waals surface area contributed by atoms with E-state index in [2.05, 4.69) is 10.6 Å². The maximum absolute atomic E-state index is 12.9. The fraction of sp³-hybridized carbons (Fsp3) is 0.286. The lowest BCUT2D eigenvalue weighted by atomic mass is 10.1. The van der Waals surface area contributed by atoms with Gasteiger partial charge in [0, 0.05) is 34.4 Å². The van der Waals surface area contributed by atoms with Crippen molar-refractivity contribution in [1.82, 2.24) is 15.2 Å². The van der Waals surface area contributed by atoms with Crippen LogP contribution in [0.15, 0.2) is 42.0 Å². The predicted molar refractivity (Wildman–Crippen MR) is 123 cm³/mol. The lowest BCUT2D eigenvalue weighted by molar-refractivity contribution is -0.123. The summed E-state index contributed by atoms with van der Waals surface area (Å²) in [4.78, 5) is 39.1. The van der Waals surface area contributed by atoms with Crippen LogP contribution in [0.3, 0.4) is 0 Å². The molecule has 2 N–H and O–H groups in total. The minimum Gasteiger partial charge on any atom is -0.452 e. The SMILES string of the molecule is O=C(COC(=O)c1c(-n2cccc2)sc2c1CCSC2)NC(=O)NCCc1cccs1. The summed E-state index contributed by atoms with van der Waals surface area (Å²) in [6.07, 6.45) is 5.25. The molecule has 3 amide bonds. The Balaban J connectivity index is 1.33. The number of nitrogens with zero attached hydrogens (tertiary/aromatic N) is 1. The van der Waals surface area contributed by atoms with E-state index in [9.17, 15) is 14.4 Å². The normalized spacial score (nSPS) is 12.8. The molecular formula is C21H21N3O4S3. The number of thiophene rings is 2. The van der Waals surface area contributed by atoms with Gasteiger partial charge in [0.1, 0.15) is 5.00 Å². The number of urea groups is 1. The number of carbonyl (C=O) groups is 3. The van der Waals surface area contributed by atoms with Gasteiger partial charge >= 0.3 is 12.0 Å². The van der Waals surface area contributed by atoms with Crippen LogP contribution >= 0.6 is 34.4 Å². The van der Waals surface area contributed by atoms with Gasteiger partial charge < -0.3 is 14.6 Å². The number of imide groups is 1. The lowest BCUT2D eigenvalue weighted by Gasteiger charge is -2.12. The summed E-state index contributed by atoms with van der Waals surface area (Å²) in [7, 11) is 0. The van der Waals surface area contributed by atoms with E-state index in [1.54, 1.807) is 22.7 Å². The van der Waals surface area contributed by atoms with Crippen molar-refractivity contribution in [2.24, 2.45) is 0 Å². The van der Waals surface area contributed by atoms with Gasteiger partial charge in [-0.05, 0) is 47.7 Å². The van der Waals surface area contributed by atoms with E-state index in [-0.39, 0.29) is 0 Å². The van der Waals surface area contributed by atoms with Crippen LogP contribution in [0.4, 0.5) is 4.79 Å². The first-order valence-corrected chi connectivity index (χ1v) is 12.6. The van der Waals surface area contributed by atoms with Crippen molar-refractivity contribution in [3.8, 4) is 5.00 Å². The number of fused-ring (bicyclic) bond motifs is 1. The van der Waals surface area contributed by atoms with E-state index in [1.165, 1.54) is 4.88 Å². The smallest absolute Gasteiger partial charge is 0.341 e. The van der Waals surface area contributed by atoms with Gasteiger partial charge in [0.05, 0.1) is 5.56 Å². The number of esters is 1. The number of carbonyl (C=O) groups excluding carboxylic acids is 3. The molecule has 1 aliphatic rings. The Kier molecular flexibility index (Phi) is 7.10. The minimum atomic E-state index is -0.663. The Bertz CT molecular complexity index is 1060. The average Bonchev–Trinajstić information content (AvgIpc) is 3.52. The number of hydrogen-bond acceptors (Lipinski definition) is 7. The fourth-order valence-corrected chi connectivity index (χ4v) is 6.39. The van der Waals surface area contributed by atoms with E-state index < -0.39 is 24.5 Å². The lowest BCUT2D eigenvalue weighted by Crippen LogP contribution is -2.42. The number of nitrogens with one attached hydrogen (secondary N) is 2. The van der Waals surface area contributed by atoms with Crippen LogP contribution in [-0.4, -0.2) is 41.4 Å². The van der Waals surface area contributed by atoms with Crippen LogP contribution in [0.2, 0.25) is 0 Å². The standard InChI is InChI=1S/C21H21N3O4S3/c25-17(23-21(27)22-7-5-14-4-3-10-30-14)12-28-20(26)18-15-6-11-29-13-16(15)31-19(18)24-8-1-2-9-24/h1-4,8-10H,5-7,11-13H2,(H2,22,23,25,27). The zero-order valence-electron chi connectivity index (χ0n) is 16.6. The highest BCUT2D eigenvalue weighted by atomic mass is 32.2. The van der Waals surface area contributed by atoms with Crippen molar-refractivity contribution in [2.75, 3.05) is 18.9 Å². The molecule has 31 heavy (non-hydrogen) atoms. The Morgan fingerprint density at radius 2 is 2.00 bits per heavy atom. The van der Waals surface area contributed by atoms with Crippen molar-refractivity contribution in [3.05, 3.63) is 62.9 Å². The van der Waals surface area contributed by atoms with E-state index >= 15 is 0 Å². The third kappa shape index (κ3) is 5.38. The van der Waals surface area contributed by atoms with E-state index in [0.717, 1.165) is 33.4 Å². The number of thioether (sulfide) groups is 1. The molecule has 4 heterocycles. The summed E-state index contributed by atoms with van der Waals surface area (Å²) < 4.78 is 7.17. The zero-order chi connectivity index (χ0) is 21.6. The van der Waals surface area contributed by atoms with Crippen LogP contribution in [0.1, 0.15) is 25.7 Å². The van der Waals surface area contributed by atoms with Gasteiger partial charge in [0.2, 0.25) is 0 Å². The summed E-state index contributed by atoms with van der Waals surface area (Å²) in [5.74, 6) is 0.611. The molecule has 0 aromatic carbocycles. The molecule has 7 nitrogen and oxygen atoms in total. The molecule has 0 radical (unpaired) electrons. The van der Waals surface area contributed by atoms with E-state index in [4.69, 9.17) is 4.74 Å².